The Bertz CT molecular complexity index is 103. The quantitative estimate of drug-likeness (QED) is 0.653. The lowest BCUT2D eigenvalue weighted by Gasteiger charge is -2.39. The molecule has 0 saturated carbocycles. The van der Waals surface area contributed by atoms with Gasteiger partial charge in [-0.1, -0.05) is 6.92 Å². The summed E-state index contributed by atoms with van der Waals surface area (Å²) in [6.07, 6.45) is 1.03. The first-order chi connectivity index (χ1) is 4.69. The molecular weight excluding hydrogens is 136 g/mol. The van der Waals surface area contributed by atoms with Crippen molar-refractivity contribution in [3.05, 3.63) is 0 Å². The third-order valence-electron chi connectivity index (χ3n) is 2.20. The van der Waals surface area contributed by atoms with Gasteiger partial charge in [0.25, 0.3) is 0 Å². The van der Waals surface area contributed by atoms with Gasteiger partial charge in [0, 0.05) is 11.1 Å². The van der Waals surface area contributed by atoms with E-state index in [9.17, 15) is 0 Å². The average Bonchev–Trinajstić information content (AvgIpc) is 1.56. The van der Waals surface area contributed by atoms with Crippen LogP contribution in [0.25, 0.3) is 0 Å². The van der Waals surface area contributed by atoms with Gasteiger partial charge in [-0.15, -0.1) is 0 Å². The van der Waals surface area contributed by atoms with E-state index in [-0.39, 0.29) is 11.1 Å². The van der Waals surface area contributed by atoms with Crippen molar-refractivity contribution in [1.82, 2.24) is 0 Å². The minimum absolute atomic E-state index is 0.174. The van der Waals surface area contributed by atoms with Crippen molar-refractivity contribution in [3.63, 3.8) is 0 Å². The minimum Gasteiger partial charge on any atom is -0.325 e. The fourth-order valence-corrected chi connectivity index (χ4v) is 2.01. The summed E-state index contributed by atoms with van der Waals surface area (Å²) in [5.74, 6) is 0.370. The lowest BCUT2D eigenvalue weighted by atomic mass is 9.74. The topological polar surface area (TPSA) is 52.0 Å². The van der Waals surface area contributed by atoms with Crippen LogP contribution in [0.15, 0.2) is 0 Å². The molecule has 0 atom stereocenters. The van der Waals surface area contributed by atoms with E-state index in [0.717, 1.165) is 6.42 Å². The second-order valence-electron chi connectivity index (χ2n) is 4.60. The van der Waals surface area contributed by atoms with Crippen molar-refractivity contribution in [1.29, 1.82) is 0 Å². The molecule has 11 heavy (non-hydrogen) atoms. The lowest BCUT2D eigenvalue weighted by molar-refractivity contribution is 0.202. The van der Waals surface area contributed by atoms with Crippen LogP contribution in [-0.2, 0) is 0 Å². The van der Waals surface area contributed by atoms with E-state index in [0.29, 0.717) is 5.92 Å². The molecule has 0 rings (SSSR count). The number of hydrogen-bond acceptors (Lipinski definition) is 2. The van der Waals surface area contributed by atoms with Crippen LogP contribution < -0.4 is 11.5 Å². The predicted molar refractivity (Wildman–Crippen MR) is 50.3 cm³/mol. The van der Waals surface area contributed by atoms with Gasteiger partial charge in [-0.05, 0) is 40.0 Å². The first kappa shape index (κ1) is 10.9. The van der Waals surface area contributed by atoms with Crippen molar-refractivity contribution in [2.75, 3.05) is 0 Å². The van der Waals surface area contributed by atoms with E-state index in [1.807, 2.05) is 27.7 Å². The molecule has 68 valence electrons. The number of rotatable bonds is 3. The van der Waals surface area contributed by atoms with Crippen molar-refractivity contribution < 1.29 is 0 Å². The molecule has 0 aliphatic carbocycles. The van der Waals surface area contributed by atoms with Crippen molar-refractivity contribution in [3.8, 4) is 0 Å². The smallest absolute Gasteiger partial charge is 0.0143 e. The van der Waals surface area contributed by atoms with Gasteiger partial charge in [0.05, 0.1) is 0 Å². The maximum absolute atomic E-state index is 6.00. The third kappa shape index (κ3) is 3.21. The highest BCUT2D eigenvalue weighted by atomic mass is 14.8. The van der Waals surface area contributed by atoms with Crippen molar-refractivity contribution in [2.45, 2.75) is 52.1 Å². The zero-order valence-corrected chi connectivity index (χ0v) is 8.44. The Balaban J connectivity index is 4.43. The van der Waals surface area contributed by atoms with Crippen LogP contribution in [0.4, 0.5) is 0 Å². The molecule has 0 bridgehead atoms. The summed E-state index contributed by atoms with van der Waals surface area (Å²) in [5, 5.41) is 0. The third-order valence-corrected chi connectivity index (χ3v) is 2.20. The van der Waals surface area contributed by atoms with Crippen LogP contribution in [0.5, 0.6) is 0 Å². The van der Waals surface area contributed by atoms with E-state index in [1.165, 1.54) is 0 Å². The van der Waals surface area contributed by atoms with Gasteiger partial charge in [0.15, 0.2) is 0 Å². The second kappa shape index (κ2) is 3.11. The molecule has 0 radical (unpaired) electrons. The van der Waals surface area contributed by atoms with Gasteiger partial charge < -0.3 is 11.5 Å². The maximum atomic E-state index is 6.00. The number of hydrogen-bond donors (Lipinski definition) is 2. The standard InChI is InChI=1S/C9H22N2/c1-6-7(8(2,3)10)9(4,5)11/h7H,6,10-11H2,1-5H3. The summed E-state index contributed by atoms with van der Waals surface area (Å²) in [7, 11) is 0. The minimum atomic E-state index is -0.174. The lowest BCUT2D eigenvalue weighted by Crippen LogP contribution is -2.55. The van der Waals surface area contributed by atoms with Crippen LogP contribution in [0.1, 0.15) is 41.0 Å². The van der Waals surface area contributed by atoms with Gasteiger partial charge in [-0.25, -0.2) is 0 Å². The Hall–Kier alpha value is -0.0800. The van der Waals surface area contributed by atoms with Gasteiger partial charge >= 0.3 is 0 Å². The fraction of sp³-hybridized carbons (Fsp3) is 1.00. The largest absolute Gasteiger partial charge is 0.325 e. The first-order valence-corrected chi connectivity index (χ1v) is 4.27. The molecule has 0 saturated heterocycles. The molecule has 0 aromatic heterocycles. The van der Waals surface area contributed by atoms with E-state index >= 15 is 0 Å². The monoisotopic (exact) mass is 158 g/mol. The molecule has 0 aromatic carbocycles. The highest BCUT2D eigenvalue weighted by Crippen LogP contribution is 2.26. The predicted octanol–water partition coefficient (Wildman–Crippen LogP) is 1.49. The molecule has 0 unspecified atom stereocenters. The molecule has 0 spiro atoms. The van der Waals surface area contributed by atoms with Crippen LogP contribution >= 0.6 is 0 Å². The Morgan fingerprint density at radius 3 is 1.27 bits per heavy atom. The summed E-state index contributed by atoms with van der Waals surface area (Å²) in [6, 6.07) is 0. The van der Waals surface area contributed by atoms with Crippen LogP contribution in [0.3, 0.4) is 0 Å². The van der Waals surface area contributed by atoms with E-state index in [2.05, 4.69) is 6.92 Å². The molecule has 2 nitrogen and oxygen atoms in total. The summed E-state index contributed by atoms with van der Waals surface area (Å²) >= 11 is 0. The van der Waals surface area contributed by atoms with Gasteiger partial charge in [0.1, 0.15) is 0 Å². The summed E-state index contributed by atoms with van der Waals surface area (Å²) in [5.41, 5.74) is 11.6. The Morgan fingerprint density at radius 2 is 1.27 bits per heavy atom. The molecule has 0 aliphatic heterocycles. The molecule has 0 fully saturated rings. The Kier molecular flexibility index (Phi) is 3.09. The zero-order chi connectivity index (χ0) is 9.28. The summed E-state index contributed by atoms with van der Waals surface area (Å²) in [4.78, 5) is 0. The van der Waals surface area contributed by atoms with Gasteiger partial charge in [-0.3, -0.25) is 0 Å². The Morgan fingerprint density at radius 1 is 1.00 bits per heavy atom. The first-order valence-electron chi connectivity index (χ1n) is 4.27. The zero-order valence-electron chi connectivity index (χ0n) is 8.44. The van der Waals surface area contributed by atoms with E-state index in [4.69, 9.17) is 11.5 Å². The van der Waals surface area contributed by atoms with Crippen LogP contribution in [-0.4, -0.2) is 11.1 Å². The summed E-state index contributed by atoms with van der Waals surface area (Å²) in [6.45, 7) is 10.3. The van der Waals surface area contributed by atoms with Crippen molar-refractivity contribution >= 4 is 0 Å². The van der Waals surface area contributed by atoms with Crippen LogP contribution in [0.2, 0.25) is 0 Å². The van der Waals surface area contributed by atoms with E-state index < -0.39 is 0 Å². The van der Waals surface area contributed by atoms with Crippen molar-refractivity contribution in [2.24, 2.45) is 17.4 Å². The van der Waals surface area contributed by atoms with Gasteiger partial charge in [0.2, 0.25) is 0 Å². The molecule has 0 heterocycles. The highest BCUT2D eigenvalue weighted by molar-refractivity contribution is 4.94. The molecule has 0 aliphatic rings. The normalized spacial score (nSPS) is 14.2. The average molecular weight is 158 g/mol. The fourth-order valence-electron chi connectivity index (χ4n) is 2.01. The SMILES string of the molecule is CCC(C(C)(C)N)C(C)(C)N. The molecule has 2 heteroatoms. The maximum Gasteiger partial charge on any atom is 0.0143 e. The number of nitrogens with two attached hydrogens (primary N) is 2. The molecule has 0 amide bonds. The van der Waals surface area contributed by atoms with Crippen LogP contribution in [0, 0.1) is 5.92 Å². The van der Waals surface area contributed by atoms with E-state index in [1.54, 1.807) is 0 Å². The summed E-state index contributed by atoms with van der Waals surface area (Å²) < 4.78 is 0. The highest BCUT2D eigenvalue weighted by Gasteiger charge is 2.33. The molecule has 4 N–H and O–H groups in total. The Labute approximate surface area is 70.3 Å². The molecule has 0 aromatic rings. The second-order valence-corrected chi connectivity index (χ2v) is 4.60. The van der Waals surface area contributed by atoms with Gasteiger partial charge in [-0.2, -0.15) is 0 Å². The molecular formula is C9H22N2.